The summed E-state index contributed by atoms with van der Waals surface area (Å²) in [5, 5.41) is 8.17. The van der Waals surface area contributed by atoms with E-state index in [-0.39, 0.29) is 36.6 Å². The molecule has 1 aliphatic rings. The number of rotatable bonds is 3. The molecule has 0 saturated carbocycles. The van der Waals surface area contributed by atoms with Gasteiger partial charge in [0.2, 0.25) is 15.8 Å². The second kappa shape index (κ2) is 7.65. The maximum atomic E-state index is 13.4. The van der Waals surface area contributed by atoms with Crippen LogP contribution < -0.4 is 15.1 Å². The molecule has 0 unspecified atom stereocenters. The topological polar surface area (TPSA) is 110 Å². The number of halogens is 3. The summed E-state index contributed by atoms with van der Waals surface area (Å²) in [6.45, 7) is 0.357. The lowest BCUT2D eigenvalue weighted by atomic mass is 10.1. The zero-order chi connectivity index (χ0) is 24.3. The van der Waals surface area contributed by atoms with E-state index in [0.717, 1.165) is 10.8 Å². The molecule has 9 nitrogen and oxygen atoms in total. The third kappa shape index (κ3) is 4.02. The SMILES string of the molecule is CS(=O)(=O)Nc1ccc2ccc3ncc(N4CCn5c(nnc5C(F)(F)F)C4)cc3c(=O)c2c1. The molecule has 0 radical (unpaired) electrons. The van der Waals surface area contributed by atoms with Gasteiger partial charge in [-0.2, -0.15) is 13.2 Å². The number of hydrogen-bond acceptors (Lipinski definition) is 7. The van der Waals surface area contributed by atoms with Crippen molar-refractivity contribution in [1.29, 1.82) is 0 Å². The van der Waals surface area contributed by atoms with Gasteiger partial charge in [0.05, 0.1) is 35.6 Å². The molecule has 176 valence electrons. The van der Waals surface area contributed by atoms with Gasteiger partial charge in [-0.25, -0.2) is 8.42 Å². The quantitative estimate of drug-likeness (QED) is 0.470. The van der Waals surface area contributed by atoms with Crippen molar-refractivity contribution in [3.05, 3.63) is 64.5 Å². The van der Waals surface area contributed by atoms with Crippen molar-refractivity contribution in [2.75, 3.05) is 22.4 Å². The Labute approximate surface area is 190 Å². The van der Waals surface area contributed by atoms with Crippen molar-refractivity contribution in [1.82, 2.24) is 19.7 Å². The fraction of sp³-hybridized carbons (Fsp3) is 0.238. The van der Waals surface area contributed by atoms with E-state index in [1.165, 1.54) is 6.07 Å². The number of alkyl halides is 3. The fourth-order valence-corrected chi connectivity index (χ4v) is 4.58. The lowest BCUT2D eigenvalue weighted by Gasteiger charge is -2.29. The Balaban J connectivity index is 1.57. The molecule has 5 rings (SSSR count). The van der Waals surface area contributed by atoms with Crippen molar-refractivity contribution in [3.8, 4) is 0 Å². The Hall–Kier alpha value is -3.74. The number of pyridine rings is 1. The van der Waals surface area contributed by atoms with Gasteiger partial charge in [0, 0.05) is 24.2 Å². The van der Waals surface area contributed by atoms with Crippen LogP contribution in [-0.2, 0) is 29.3 Å². The van der Waals surface area contributed by atoms with E-state index in [9.17, 15) is 26.4 Å². The van der Waals surface area contributed by atoms with E-state index in [1.807, 2.05) is 0 Å². The van der Waals surface area contributed by atoms with Crippen LogP contribution in [0.15, 0.2) is 47.4 Å². The zero-order valence-electron chi connectivity index (χ0n) is 17.7. The molecular weight excluding hydrogens is 473 g/mol. The van der Waals surface area contributed by atoms with Crippen molar-refractivity contribution in [2.24, 2.45) is 0 Å². The van der Waals surface area contributed by atoms with E-state index in [2.05, 4.69) is 19.9 Å². The highest BCUT2D eigenvalue weighted by Crippen LogP contribution is 2.31. The molecule has 0 bridgehead atoms. The fourth-order valence-electron chi connectivity index (χ4n) is 4.03. The van der Waals surface area contributed by atoms with Crippen LogP contribution in [0, 0.1) is 0 Å². The van der Waals surface area contributed by atoms with E-state index in [1.54, 1.807) is 41.4 Å². The molecule has 2 aromatic heterocycles. The standard InChI is InChI=1S/C21H17F3N6O3S/c1-34(32,33)28-13-4-2-12-3-5-17-16(19(31)15(12)8-13)9-14(10-25-17)29-6-7-30-18(11-29)26-27-20(30)21(22,23)24/h2-5,8-10,28H,6-7,11H2,1H3. The number of nitrogens with zero attached hydrogens (tertiary/aromatic N) is 5. The first-order valence-corrected chi connectivity index (χ1v) is 12.0. The van der Waals surface area contributed by atoms with Crippen molar-refractivity contribution >= 4 is 43.1 Å². The predicted molar refractivity (Wildman–Crippen MR) is 120 cm³/mol. The minimum Gasteiger partial charge on any atom is -0.361 e. The number of aromatic nitrogens is 4. The van der Waals surface area contributed by atoms with E-state index in [0.29, 0.717) is 27.4 Å². The normalized spacial score (nSPS) is 14.4. The van der Waals surface area contributed by atoms with Gasteiger partial charge < -0.3 is 9.47 Å². The first-order valence-electron chi connectivity index (χ1n) is 10.1. The summed E-state index contributed by atoms with van der Waals surface area (Å²) in [5.41, 5.74) is 0.895. The van der Waals surface area contributed by atoms with Crippen LogP contribution in [0.25, 0.3) is 21.7 Å². The summed E-state index contributed by atoms with van der Waals surface area (Å²) in [4.78, 5) is 19.5. The molecule has 2 aromatic carbocycles. The average Bonchev–Trinajstić information content (AvgIpc) is 3.15. The Bertz CT molecular complexity index is 1620. The van der Waals surface area contributed by atoms with Crippen molar-refractivity contribution in [2.45, 2.75) is 19.3 Å². The van der Waals surface area contributed by atoms with Gasteiger partial charge >= 0.3 is 6.18 Å². The van der Waals surface area contributed by atoms with Gasteiger partial charge in [-0.1, -0.05) is 12.1 Å². The smallest absolute Gasteiger partial charge is 0.361 e. The van der Waals surface area contributed by atoms with Gasteiger partial charge in [-0.15, -0.1) is 10.2 Å². The molecular formula is C21H17F3N6O3S. The Morgan fingerprint density at radius 3 is 2.53 bits per heavy atom. The Kier molecular flexibility index (Phi) is 4.97. The lowest BCUT2D eigenvalue weighted by Crippen LogP contribution is -2.35. The molecule has 1 aliphatic heterocycles. The summed E-state index contributed by atoms with van der Waals surface area (Å²) in [7, 11) is -3.53. The first-order chi connectivity index (χ1) is 16.0. The molecule has 4 aromatic rings. The summed E-state index contributed by atoms with van der Waals surface area (Å²) in [6.07, 6.45) is -2.02. The Morgan fingerprint density at radius 2 is 1.79 bits per heavy atom. The largest absolute Gasteiger partial charge is 0.451 e. The van der Waals surface area contributed by atoms with Gasteiger partial charge in [0.25, 0.3) is 0 Å². The van der Waals surface area contributed by atoms with Crippen LogP contribution in [0.5, 0.6) is 0 Å². The maximum absolute atomic E-state index is 13.4. The highest BCUT2D eigenvalue weighted by molar-refractivity contribution is 7.92. The molecule has 0 spiro atoms. The third-order valence-corrected chi connectivity index (χ3v) is 6.15. The molecule has 0 aliphatic carbocycles. The minimum atomic E-state index is -4.59. The van der Waals surface area contributed by atoms with Gasteiger partial charge in [-0.05, 0) is 29.7 Å². The van der Waals surface area contributed by atoms with Crippen LogP contribution in [-0.4, -0.2) is 41.0 Å². The average molecular weight is 490 g/mol. The first kappa shape index (κ1) is 22.1. The monoisotopic (exact) mass is 490 g/mol. The number of fused-ring (bicyclic) bond motifs is 3. The van der Waals surface area contributed by atoms with Gasteiger partial charge in [0.1, 0.15) is 0 Å². The summed E-state index contributed by atoms with van der Waals surface area (Å²) in [5.74, 6) is -0.862. The molecule has 13 heteroatoms. The lowest BCUT2D eigenvalue weighted by molar-refractivity contribution is -0.147. The number of anilines is 2. The van der Waals surface area contributed by atoms with Crippen LogP contribution in [0.3, 0.4) is 0 Å². The molecule has 34 heavy (non-hydrogen) atoms. The maximum Gasteiger partial charge on any atom is 0.451 e. The molecule has 0 amide bonds. The second-order valence-electron chi connectivity index (χ2n) is 7.98. The molecule has 3 heterocycles. The van der Waals surface area contributed by atoms with E-state index < -0.39 is 22.0 Å². The summed E-state index contributed by atoms with van der Waals surface area (Å²) < 4.78 is 65.9. The molecule has 0 fully saturated rings. The van der Waals surface area contributed by atoms with Crippen LogP contribution in [0.4, 0.5) is 24.5 Å². The van der Waals surface area contributed by atoms with E-state index >= 15 is 0 Å². The van der Waals surface area contributed by atoms with Gasteiger partial charge in [-0.3, -0.25) is 14.5 Å². The molecule has 0 saturated heterocycles. The summed E-state index contributed by atoms with van der Waals surface area (Å²) in [6, 6.07) is 9.71. The predicted octanol–water partition coefficient (Wildman–Crippen LogP) is 2.75. The van der Waals surface area contributed by atoms with E-state index in [4.69, 9.17) is 0 Å². The number of hydrogen-bond donors (Lipinski definition) is 1. The second-order valence-corrected chi connectivity index (χ2v) is 9.72. The number of benzene rings is 1. The van der Waals surface area contributed by atoms with Crippen LogP contribution >= 0.6 is 0 Å². The highest BCUT2D eigenvalue weighted by Gasteiger charge is 2.39. The highest BCUT2D eigenvalue weighted by atomic mass is 32.2. The van der Waals surface area contributed by atoms with Crippen LogP contribution in [0.2, 0.25) is 0 Å². The molecule has 1 N–H and O–H groups in total. The number of sulfonamides is 1. The van der Waals surface area contributed by atoms with Crippen molar-refractivity contribution < 1.29 is 21.6 Å². The number of nitrogens with one attached hydrogen (secondary N) is 1. The minimum absolute atomic E-state index is 0.0332. The van der Waals surface area contributed by atoms with Crippen LogP contribution in [0.1, 0.15) is 11.6 Å². The van der Waals surface area contributed by atoms with Gasteiger partial charge in [0.15, 0.2) is 11.3 Å². The van der Waals surface area contributed by atoms with Crippen molar-refractivity contribution in [3.63, 3.8) is 0 Å². The Morgan fingerprint density at radius 1 is 1.03 bits per heavy atom. The third-order valence-electron chi connectivity index (χ3n) is 5.54. The summed E-state index contributed by atoms with van der Waals surface area (Å²) >= 11 is 0. The zero-order valence-corrected chi connectivity index (χ0v) is 18.5. The molecule has 0 atom stereocenters.